The second kappa shape index (κ2) is 17.4. The Labute approximate surface area is 248 Å². The van der Waals surface area contributed by atoms with Gasteiger partial charge in [-0.3, -0.25) is 28.8 Å². The van der Waals surface area contributed by atoms with Crippen LogP contribution in [0.25, 0.3) is 0 Å². The minimum atomic E-state index is -1.72. The van der Waals surface area contributed by atoms with E-state index in [9.17, 15) is 38.7 Å². The molecule has 5 amide bonds. The van der Waals surface area contributed by atoms with Crippen molar-refractivity contribution in [2.75, 3.05) is 19.6 Å². The number of benzene rings is 1. The summed E-state index contributed by atoms with van der Waals surface area (Å²) >= 11 is 0. The average Bonchev–Trinajstić information content (AvgIpc) is 3.49. The summed E-state index contributed by atoms with van der Waals surface area (Å²) in [6, 6.07) is 4.16. The number of carbonyl (C=O) groups is 7. The van der Waals surface area contributed by atoms with Gasteiger partial charge in [-0.25, -0.2) is 4.79 Å². The molecule has 0 bridgehead atoms. The first-order valence-corrected chi connectivity index (χ1v) is 14.0. The predicted molar refractivity (Wildman–Crippen MR) is 152 cm³/mol. The monoisotopic (exact) mass is 604 g/mol. The van der Waals surface area contributed by atoms with E-state index in [0.717, 1.165) is 13.0 Å². The van der Waals surface area contributed by atoms with Crippen LogP contribution in [0.1, 0.15) is 45.1 Å². The molecule has 0 aromatic heterocycles. The van der Waals surface area contributed by atoms with Crippen molar-refractivity contribution in [2.24, 2.45) is 5.92 Å². The summed E-state index contributed by atoms with van der Waals surface area (Å²) in [5, 5.41) is 33.4. The molecule has 15 heteroatoms. The standard InChI is InChI=1S/C28H40N6O9/c1-16(2)11-19(32-22(35)14-30-25(39)18-9-6-10-29-18)26(40)31-15-23(36)33-20(12-17-7-4-3-5-8-17)27(41)34-21(28(42)43)13-24(37)38/h3-5,7-8,16,18-21,29H,6,9-15H2,1-2H3,(H,30,39)(H,31,40)(H,32,35)(H,33,36)(H,34,41)(H,37,38)(H,42,43). The van der Waals surface area contributed by atoms with E-state index in [0.29, 0.717) is 12.0 Å². The lowest BCUT2D eigenvalue weighted by atomic mass is 10.0. The number of aliphatic carboxylic acids is 2. The Morgan fingerprint density at radius 3 is 2.02 bits per heavy atom. The average molecular weight is 605 g/mol. The van der Waals surface area contributed by atoms with Crippen molar-refractivity contribution in [3.05, 3.63) is 35.9 Å². The van der Waals surface area contributed by atoms with Crippen LogP contribution in [0.5, 0.6) is 0 Å². The number of rotatable bonds is 17. The van der Waals surface area contributed by atoms with Crippen LogP contribution in [-0.4, -0.2) is 95.5 Å². The zero-order chi connectivity index (χ0) is 31.9. The second-order valence-corrected chi connectivity index (χ2v) is 10.6. The van der Waals surface area contributed by atoms with Crippen LogP contribution < -0.4 is 31.9 Å². The molecule has 0 aliphatic carbocycles. The first kappa shape index (κ1) is 34.7. The molecule has 15 nitrogen and oxygen atoms in total. The van der Waals surface area contributed by atoms with E-state index < -0.39 is 66.7 Å². The van der Waals surface area contributed by atoms with Crippen LogP contribution in [-0.2, 0) is 40.0 Å². The van der Waals surface area contributed by atoms with Crippen molar-refractivity contribution >= 4 is 41.5 Å². The zero-order valence-corrected chi connectivity index (χ0v) is 24.2. The van der Waals surface area contributed by atoms with E-state index in [1.54, 1.807) is 30.3 Å². The van der Waals surface area contributed by atoms with E-state index in [1.165, 1.54) is 0 Å². The van der Waals surface area contributed by atoms with E-state index in [1.807, 2.05) is 13.8 Å². The van der Waals surface area contributed by atoms with Gasteiger partial charge in [-0.2, -0.15) is 0 Å². The summed E-state index contributed by atoms with van der Waals surface area (Å²) in [7, 11) is 0. The Bertz CT molecular complexity index is 1150. The highest BCUT2D eigenvalue weighted by Gasteiger charge is 2.29. The normalized spacial score (nSPS) is 16.3. The molecular formula is C28H40N6O9. The highest BCUT2D eigenvalue weighted by molar-refractivity contribution is 5.95. The van der Waals surface area contributed by atoms with E-state index in [4.69, 9.17) is 5.11 Å². The van der Waals surface area contributed by atoms with E-state index in [-0.39, 0.29) is 37.3 Å². The Balaban J connectivity index is 1.99. The second-order valence-electron chi connectivity index (χ2n) is 10.6. The zero-order valence-electron chi connectivity index (χ0n) is 24.2. The SMILES string of the molecule is CC(C)CC(NC(=O)CNC(=O)C1CCCN1)C(=O)NCC(=O)NC(Cc1ccccc1)C(=O)NC(CC(=O)O)C(=O)O. The van der Waals surface area contributed by atoms with Gasteiger partial charge in [-0.1, -0.05) is 44.2 Å². The van der Waals surface area contributed by atoms with Crippen molar-refractivity contribution in [3.8, 4) is 0 Å². The fourth-order valence-electron chi connectivity index (χ4n) is 4.39. The molecule has 43 heavy (non-hydrogen) atoms. The van der Waals surface area contributed by atoms with Gasteiger partial charge in [0.05, 0.1) is 25.6 Å². The van der Waals surface area contributed by atoms with Gasteiger partial charge in [-0.15, -0.1) is 0 Å². The number of carbonyl (C=O) groups excluding carboxylic acids is 5. The van der Waals surface area contributed by atoms with Gasteiger partial charge in [0.2, 0.25) is 29.5 Å². The summed E-state index contributed by atoms with van der Waals surface area (Å²) in [5.41, 5.74) is 0.632. The van der Waals surface area contributed by atoms with Crippen LogP contribution in [0, 0.1) is 5.92 Å². The minimum absolute atomic E-state index is 0.00547. The minimum Gasteiger partial charge on any atom is -0.481 e. The Kier molecular flexibility index (Phi) is 14.1. The third-order valence-corrected chi connectivity index (χ3v) is 6.51. The van der Waals surface area contributed by atoms with Gasteiger partial charge < -0.3 is 42.1 Å². The summed E-state index contributed by atoms with van der Waals surface area (Å²) in [6.45, 7) is 3.51. The van der Waals surface area contributed by atoms with Crippen molar-refractivity contribution in [2.45, 2.75) is 70.1 Å². The number of amides is 5. The third kappa shape index (κ3) is 12.9. The lowest BCUT2D eigenvalue weighted by Crippen LogP contribution is -2.55. The smallest absolute Gasteiger partial charge is 0.326 e. The lowest BCUT2D eigenvalue weighted by Gasteiger charge is -2.22. The molecule has 0 saturated carbocycles. The first-order chi connectivity index (χ1) is 20.3. The number of carboxylic acid groups (broad SMARTS) is 2. The van der Waals surface area contributed by atoms with Gasteiger partial charge in [0, 0.05) is 6.42 Å². The number of carboxylic acids is 2. The Hall–Kier alpha value is -4.53. The largest absolute Gasteiger partial charge is 0.481 e. The Morgan fingerprint density at radius 2 is 1.47 bits per heavy atom. The molecule has 1 saturated heterocycles. The molecule has 1 aliphatic heterocycles. The number of nitrogens with one attached hydrogen (secondary N) is 6. The van der Waals surface area contributed by atoms with Crippen molar-refractivity contribution in [3.63, 3.8) is 0 Å². The quantitative estimate of drug-likeness (QED) is 0.100. The molecule has 0 radical (unpaired) electrons. The molecule has 1 fully saturated rings. The van der Waals surface area contributed by atoms with E-state index in [2.05, 4.69) is 31.9 Å². The van der Waals surface area contributed by atoms with Crippen LogP contribution in [0.2, 0.25) is 0 Å². The molecule has 1 aromatic rings. The molecule has 1 heterocycles. The molecular weight excluding hydrogens is 564 g/mol. The molecule has 4 unspecified atom stereocenters. The maximum atomic E-state index is 12.9. The summed E-state index contributed by atoms with van der Waals surface area (Å²) in [4.78, 5) is 85.6. The molecule has 2 rings (SSSR count). The molecule has 236 valence electrons. The topological polar surface area (TPSA) is 232 Å². The van der Waals surface area contributed by atoms with Crippen molar-refractivity contribution < 1.29 is 43.8 Å². The predicted octanol–water partition coefficient (Wildman–Crippen LogP) is -1.73. The molecule has 0 spiro atoms. The number of hydrogen-bond donors (Lipinski definition) is 8. The molecule has 4 atom stereocenters. The van der Waals surface area contributed by atoms with Crippen molar-refractivity contribution in [1.29, 1.82) is 0 Å². The highest BCUT2D eigenvalue weighted by Crippen LogP contribution is 2.07. The first-order valence-electron chi connectivity index (χ1n) is 14.0. The van der Waals surface area contributed by atoms with Crippen LogP contribution in [0.15, 0.2) is 30.3 Å². The van der Waals surface area contributed by atoms with Gasteiger partial charge >= 0.3 is 11.9 Å². The molecule has 1 aromatic carbocycles. The van der Waals surface area contributed by atoms with Crippen molar-refractivity contribution in [1.82, 2.24) is 31.9 Å². The van der Waals surface area contributed by atoms with Gasteiger partial charge in [-0.05, 0) is 37.3 Å². The third-order valence-electron chi connectivity index (χ3n) is 6.51. The van der Waals surface area contributed by atoms with E-state index >= 15 is 0 Å². The van der Waals surface area contributed by atoms with Gasteiger partial charge in [0.1, 0.15) is 18.1 Å². The Morgan fingerprint density at radius 1 is 0.837 bits per heavy atom. The highest BCUT2D eigenvalue weighted by atomic mass is 16.4. The van der Waals surface area contributed by atoms with Gasteiger partial charge in [0.15, 0.2) is 0 Å². The summed E-state index contributed by atoms with van der Waals surface area (Å²) in [6.07, 6.45) is 0.869. The maximum absolute atomic E-state index is 12.9. The van der Waals surface area contributed by atoms with Crippen LogP contribution >= 0.6 is 0 Å². The van der Waals surface area contributed by atoms with Crippen LogP contribution in [0.3, 0.4) is 0 Å². The fraction of sp³-hybridized carbons (Fsp3) is 0.536. The maximum Gasteiger partial charge on any atom is 0.326 e. The summed E-state index contributed by atoms with van der Waals surface area (Å²) < 4.78 is 0. The molecule has 1 aliphatic rings. The lowest BCUT2D eigenvalue weighted by molar-refractivity contribution is -0.147. The van der Waals surface area contributed by atoms with Gasteiger partial charge in [0.25, 0.3) is 0 Å². The number of hydrogen-bond acceptors (Lipinski definition) is 8. The van der Waals surface area contributed by atoms with Crippen LogP contribution in [0.4, 0.5) is 0 Å². The summed E-state index contributed by atoms with van der Waals surface area (Å²) in [5.74, 6) is -6.23. The fourth-order valence-corrected chi connectivity index (χ4v) is 4.39. The molecule has 8 N–H and O–H groups in total.